The zero-order valence-electron chi connectivity index (χ0n) is 8.78. The van der Waals surface area contributed by atoms with E-state index in [1.807, 2.05) is 19.4 Å². The zero-order valence-corrected chi connectivity index (χ0v) is 11.1. The van der Waals surface area contributed by atoms with Crippen LogP contribution in [0.1, 0.15) is 0 Å². The van der Waals surface area contributed by atoms with Crippen LogP contribution in [-0.2, 0) is 9.26 Å². The molecule has 1 rings (SSSR count). The van der Waals surface area contributed by atoms with Gasteiger partial charge in [0.2, 0.25) is 0 Å². The second-order valence-electron chi connectivity index (χ2n) is 2.86. The van der Waals surface area contributed by atoms with Crippen LogP contribution in [0.4, 0.5) is 0 Å². The Bertz CT molecular complexity index is 241. The molecule has 4 nitrogen and oxygen atoms in total. The lowest BCUT2D eigenvalue weighted by Crippen LogP contribution is -2.30. The van der Waals surface area contributed by atoms with Gasteiger partial charge in [0, 0.05) is 19.4 Å². The summed E-state index contributed by atoms with van der Waals surface area (Å²) < 4.78 is 10.6. The van der Waals surface area contributed by atoms with Crippen LogP contribution in [-0.4, -0.2) is 26.7 Å². The molecule has 1 aliphatic heterocycles. The lowest BCUT2D eigenvalue weighted by Gasteiger charge is -2.21. The highest BCUT2D eigenvalue weighted by molar-refractivity contribution is 7.50. The summed E-state index contributed by atoms with van der Waals surface area (Å²) in [5.41, 5.74) is 6.32. The highest BCUT2D eigenvalue weighted by atomic mass is 31.1. The fraction of sp³-hybridized carbons (Fsp3) is 0.500. The van der Waals surface area contributed by atoms with E-state index in [0.29, 0.717) is 11.5 Å². The van der Waals surface area contributed by atoms with Crippen LogP contribution >= 0.6 is 18.0 Å². The highest BCUT2D eigenvalue weighted by Gasteiger charge is 2.14. The van der Waals surface area contributed by atoms with E-state index >= 15 is 0 Å². The summed E-state index contributed by atoms with van der Waals surface area (Å²) >= 11 is 0. The van der Waals surface area contributed by atoms with Crippen LogP contribution in [0.5, 0.6) is 0 Å². The monoisotopic (exact) mass is 236 g/mol. The summed E-state index contributed by atoms with van der Waals surface area (Å²) in [4.78, 5) is 0. The van der Waals surface area contributed by atoms with Crippen molar-refractivity contribution in [1.29, 1.82) is 0 Å². The molecule has 0 bridgehead atoms. The summed E-state index contributed by atoms with van der Waals surface area (Å²) in [6.07, 6.45) is 3.39. The largest absolute Gasteiger partial charge is 0.473 e. The first kappa shape index (κ1) is 13.7. The van der Waals surface area contributed by atoms with E-state index in [1.165, 1.54) is 0 Å². The van der Waals surface area contributed by atoms with E-state index < -0.39 is 8.15 Å². The number of nitrogens with one attached hydrogen (secondary N) is 1. The molecule has 82 valence electrons. The zero-order chi connectivity index (χ0) is 9.84. The third kappa shape index (κ3) is 3.83. The number of hydrogen-bond acceptors (Lipinski definition) is 4. The molecule has 0 amide bonds. The van der Waals surface area contributed by atoms with Gasteiger partial charge in [0.1, 0.15) is 12.0 Å². The second-order valence-corrected chi connectivity index (χ2v) is 4.66. The predicted molar refractivity (Wildman–Crippen MR) is 65.2 cm³/mol. The van der Waals surface area contributed by atoms with E-state index in [-0.39, 0.29) is 16.1 Å². The number of rotatable bonds is 3. The molecule has 2 unspecified atom stereocenters. The molecule has 1 heterocycles. The number of hydrogen-bond donors (Lipinski definition) is 2. The molecule has 14 heavy (non-hydrogen) atoms. The molecule has 0 saturated carbocycles. The molecule has 6 heteroatoms. The van der Waals surface area contributed by atoms with E-state index in [2.05, 4.69) is 5.32 Å². The Morgan fingerprint density at radius 3 is 2.64 bits per heavy atom. The Morgan fingerprint density at radius 2 is 2.14 bits per heavy atom. The fourth-order valence-corrected chi connectivity index (χ4v) is 1.50. The van der Waals surface area contributed by atoms with Gasteiger partial charge in [-0.2, -0.15) is 9.90 Å². The quantitative estimate of drug-likeness (QED) is 0.717. The number of nitrogens with two attached hydrogens (primary N) is 1. The van der Waals surface area contributed by atoms with Crippen LogP contribution in [0.25, 0.3) is 0 Å². The van der Waals surface area contributed by atoms with Gasteiger partial charge in [-0.05, 0) is 13.3 Å². The molecule has 0 aromatic rings. The topological polar surface area (TPSA) is 56.5 Å². The van der Waals surface area contributed by atoms with E-state index in [0.717, 1.165) is 0 Å². The second kappa shape index (κ2) is 6.23. The van der Waals surface area contributed by atoms with Crippen molar-refractivity contribution < 1.29 is 9.26 Å². The van der Waals surface area contributed by atoms with Gasteiger partial charge in [-0.15, -0.1) is 0 Å². The standard InChI is InChI=1S/C8H15N2O2P.H3P/c1-11-8-4-7(12-13(2)3)6(9)5-10-8;/h4-5,8,10H,9H2,1-3H3;1H3. The number of methoxy groups -OCH3 is 1. The van der Waals surface area contributed by atoms with Gasteiger partial charge < -0.3 is 20.3 Å². The molecular formula is C8H18N2O2P2. The first-order valence-electron chi connectivity index (χ1n) is 3.95. The van der Waals surface area contributed by atoms with Crippen molar-refractivity contribution in [3.63, 3.8) is 0 Å². The molecule has 0 saturated heterocycles. The Hall–Kier alpha value is -0.300. The average molecular weight is 236 g/mol. The normalized spacial score (nSPS) is 20.4. The van der Waals surface area contributed by atoms with Crippen molar-refractivity contribution >= 4 is 18.0 Å². The SMILES string of the molecule is COC1C=C(OP(C)C)C(N)=CN1.P. The lowest BCUT2D eigenvalue weighted by molar-refractivity contribution is 0.120. The number of ether oxygens (including phenoxy) is 1. The fourth-order valence-electron chi connectivity index (χ4n) is 0.941. The molecular weight excluding hydrogens is 218 g/mol. The van der Waals surface area contributed by atoms with Crippen molar-refractivity contribution in [2.45, 2.75) is 6.23 Å². The average Bonchev–Trinajstić information content (AvgIpc) is 2.08. The first-order chi connectivity index (χ1) is 6.13. The summed E-state index contributed by atoms with van der Waals surface area (Å²) in [6.45, 7) is 4.04. The maximum Gasteiger partial charge on any atom is 0.150 e. The molecule has 0 aliphatic carbocycles. The van der Waals surface area contributed by atoms with Crippen LogP contribution in [0.2, 0.25) is 0 Å². The molecule has 0 aromatic carbocycles. The Kier molecular flexibility index (Phi) is 6.10. The van der Waals surface area contributed by atoms with Gasteiger partial charge in [-0.25, -0.2) is 0 Å². The van der Waals surface area contributed by atoms with Gasteiger partial charge >= 0.3 is 0 Å². The summed E-state index contributed by atoms with van der Waals surface area (Å²) in [6, 6.07) is 0. The number of dihydropyridines is 1. The van der Waals surface area contributed by atoms with E-state index in [4.69, 9.17) is 15.0 Å². The Labute approximate surface area is 89.4 Å². The van der Waals surface area contributed by atoms with Gasteiger partial charge in [-0.3, -0.25) is 0 Å². The maximum atomic E-state index is 5.70. The minimum Gasteiger partial charge on any atom is -0.473 e. The van der Waals surface area contributed by atoms with Crippen molar-refractivity contribution in [1.82, 2.24) is 5.32 Å². The van der Waals surface area contributed by atoms with Gasteiger partial charge in [0.25, 0.3) is 0 Å². The van der Waals surface area contributed by atoms with Crippen molar-refractivity contribution in [3.05, 3.63) is 23.7 Å². The minimum absolute atomic E-state index is 0. The van der Waals surface area contributed by atoms with Crippen LogP contribution in [0.15, 0.2) is 23.7 Å². The summed E-state index contributed by atoms with van der Waals surface area (Å²) in [7, 11) is 1.18. The van der Waals surface area contributed by atoms with Crippen LogP contribution in [0, 0.1) is 0 Å². The van der Waals surface area contributed by atoms with E-state index in [1.54, 1.807) is 13.3 Å². The van der Waals surface area contributed by atoms with Crippen LogP contribution < -0.4 is 11.1 Å². The van der Waals surface area contributed by atoms with Gasteiger partial charge in [0.05, 0.1) is 13.8 Å². The molecule has 2 atom stereocenters. The Balaban J connectivity index is 0.00000169. The third-order valence-electron chi connectivity index (χ3n) is 1.53. The van der Waals surface area contributed by atoms with E-state index in [9.17, 15) is 0 Å². The smallest absolute Gasteiger partial charge is 0.150 e. The van der Waals surface area contributed by atoms with Gasteiger partial charge in [0.15, 0.2) is 0 Å². The summed E-state index contributed by atoms with van der Waals surface area (Å²) in [5, 5.41) is 2.96. The minimum atomic E-state index is -0.446. The summed E-state index contributed by atoms with van der Waals surface area (Å²) in [5.74, 6) is 0.710. The molecule has 0 fully saturated rings. The lowest BCUT2D eigenvalue weighted by atomic mass is 10.3. The third-order valence-corrected chi connectivity index (χ3v) is 2.09. The first-order valence-corrected chi connectivity index (χ1v) is 6.11. The molecule has 0 aromatic heterocycles. The molecule has 1 aliphatic rings. The molecule has 3 N–H and O–H groups in total. The molecule has 0 radical (unpaired) electrons. The van der Waals surface area contributed by atoms with Crippen molar-refractivity contribution in [3.8, 4) is 0 Å². The maximum absolute atomic E-state index is 5.70. The highest BCUT2D eigenvalue weighted by Crippen LogP contribution is 2.32. The van der Waals surface area contributed by atoms with Crippen molar-refractivity contribution in [2.24, 2.45) is 5.73 Å². The predicted octanol–water partition coefficient (Wildman–Crippen LogP) is 0.977. The van der Waals surface area contributed by atoms with Gasteiger partial charge in [-0.1, -0.05) is 0 Å². The molecule has 0 spiro atoms. The van der Waals surface area contributed by atoms with Crippen molar-refractivity contribution in [2.75, 3.05) is 20.4 Å². The Morgan fingerprint density at radius 1 is 1.50 bits per heavy atom. The van der Waals surface area contributed by atoms with Crippen LogP contribution in [0.3, 0.4) is 0 Å².